The maximum atomic E-state index is 7.14. The topological polar surface area (TPSA) is 34.5 Å². The number of hydrogen-bond donors (Lipinski definition) is 0. The van der Waals surface area contributed by atoms with Gasteiger partial charge in [0.1, 0.15) is 22.3 Å². The lowest BCUT2D eigenvalue weighted by Gasteiger charge is -2.29. The zero-order valence-electron chi connectivity index (χ0n) is 38.0. The Balaban J connectivity index is 1.02. The van der Waals surface area contributed by atoms with Crippen molar-refractivity contribution in [2.45, 2.75) is 0 Å². The Morgan fingerprint density at radius 1 is 0.300 bits per heavy atom. The SMILES string of the molecule is c1ccc(-c2ccc(N(c3ccc(-c4cccc5c4oc4ccccc45)cc3)c3ccc(-c4ccccc4-n4c5ccccc5c5ccccc54)c4oc5ccccc5c34)c(-c3ccccc3)c2)cc1. The van der Waals surface area contributed by atoms with E-state index in [1.54, 1.807) is 0 Å². The van der Waals surface area contributed by atoms with E-state index in [0.29, 0.717) is 0 Å². The molecule has 0 amide bonds. The number of rotatable bonds is 8. The van der Waals surface area contributed by atoms with Crippen molar-refractivity contribution in [2.24, 2.45) is 0 Å². The van der Waals surface area contributed by atoms with E-state index in [4.69, 9.17) is 8.83 Å². The number of aromatic nitrogens is 1. The molecule has 0 atom stereocenters. The predicted octanol–water partition coefficient (Wildman–Crippen LogP) is 18.7. The van der Waals surface area contributed by atoms with Crippen LogP contribution in [0.25, 0.3) is 116 Å². The number of anilines is 3. The molecule has 3 heterocycles. The summed E-state index contributed by atoms with van der Waals surface area (Å²) in [6.45, 7) is 0. The second kappa shape index (κ2) is 16.2. The minimum absolute atomic E-state index is 0.826. The molecule has 328 valence electrons. The van der Waals surface area contributed by atoms with Crippen LogP contribution < -0.4 is 4.90 Å². The van der Waals surface area contributed by atoms with Crippen LogP contribution in [-0.2, 0) is 0 Å². The van der Waals surface area contributed by atoms with Crippen molar-refractivity contribution in [1.82, 2.24) is 4.57 Å². The van der Waals surface area contributed by atoms with Crippen LogP contribution in [0.4, 0.5) is 17.1 Å². The van der Waals surface area contributed by atoms with Crippen LogP contribution in [-0.4, -0.2) is 4.57 Å². The Labute approximate surface area is 404 Å². The quantitative estimate of drug-likeness (QED) is 0.152. The minimum Gasteiger partial charge on any atom is -0.455 e. The van der Waals surface area contributed by atoms with Gasteiger partial charge in [-0.15, -0.1) is 0 Å². The van der Waals surface area contributed by atoms with Gasteiger partial charge in [0, 0.05) is 54.9 Å². The van der Waals surface area contributed by atoms with Gasteiger partial charge in [-0.25, -0.2) is 0 Å². The first-order chi connectivity index (χ1) is 34.7. The maximum absolute atomic E-state index is 7.14. The van der Waals surface area contributed by atoms with Gasteiger partial charge in [-0.3, -0.25) is 0 Å². The number of para-hydroxylation sites is 6. The van der Waals surface area contributed by atoms with Crippen LogP contribution in [0.1, 0.15) is 0 Å². The fourth-order valence-electron chi connectivity index (χ4n) is 10.9. The van der Waals surface area contributed by atoms with Crippen molar-refractivity contribution in [3.8, 4) is 50.2 Å². The summed E-state index contributed by atoms with van der Waals surface area (Å²) in [7, 11) is 0. The molecular formula is C66H42N2O2. The average Bonchev–Trinajstić information content (AvgIpc) is 4.12. The van der Waals surface area contributed by atoms with Gasteiger partial charge in [-0.05, 0) is 89.0 Å². The third-order valence-electron chi connectivity index (χ3n) is 14.0. The highest BCUT2D eigenvalue weighted by molar-refractivity contribution is 6.18. The van der Waals surface area contributed by atoms with E-state index in [9.17, 15) is 0 Å². The lowest BCUT2D eigenvalue weighted by Crippen LogP contribution is -2.12. The van der Waals surface area contributed by atoms with Crippen LogP contribution in [0.15, 0.2) is 264 Å². The summed E-state index contributed by atoms with van der Waals surface area (Å²) in [5.74, 6) is 0. The second-order valence-electron chi connectivity index (χ2n) is 17.9. The molecule has 0 unspecified atom stereocenters. The van der Waals surface area contributed by atoms with Crippen LogP contribution in [0.2, 0.25) is 0 Å². The van der Waals surface area contributed by atoms with Crippen LogP contribution >= 0.6 is 0 Å². The second-order valence-corrected chi connectivity index (χ2v) is 17.9. The summed E-state index contributed by atoms with van der Waals surface area (Å²) in [6.07, 6.45) is 0. The standard InChI is InChI=1S/C66H42N2O2/c1-3-18-43(19-4-1)46-36-40-60(56(42-46)44-20-5-2-6-21-44)67(47-37-34-45(35-38-47)48-27-17-28-53-52-25-10-15-32-62(52)69-65(48)53)61-41-39-54(66-64(61)55-26-11-16-33-63(55)70-66)51-24-9-14-31-59(51)68-57-29-12-7-22-49(57)50-23-8-13-30-58(50)68/h1-42H. The molecule has 14 rings (SSSR count). The molecule has 0 radical (unpaired) electrons. The number of furan rings is 2. The highest BCUT2D eigenvalue weighted by atomic mass is 16.3. The van der Waals surface area contributed by atoms with Crippen molar-refractivity contribution < 1.29 is 8.83 Å². The van der Waals surface area contributed by atoms with E-state index in [2.05, 4.69) is 252 Å². The highest BCUT2D eigenvalue weighted by Crippen LogP contribution is 2.50. The van der Waals surface area contributed by atoms with E-state index in [1.165, 1.54) is 10.8 Å². The van der Waals surface area contributed by atoms with Crippen LogP contribution in [0, 0.1) is 0 Å². The first-order valence-electron chi connectivity index (χ1n) is 23.8. The first-order valence-corrected chi connectivity index (χ1v) is 23.8. The zero-order valence-corrected chi connectivity index (χ0v) is 38.0. The van der Waals surface area contributed by atoms with Crippen LogP contribution in [0.3, 0.4) is 0 Å². The maximum Gasteiger partial charge on any atom is 0.145 e. The molecule has 70 heavy (non-hydrogen) atoms. The van der Waals surface area contributed by atoms with E-state index < -0.39 is 0 Å². The minimum atomic E-state index is 0.826. The molecule has 11 aromatic carbocycles. The molecule has 0 saturated carbocycles. The van der Waals surface area contributed by atoms with Crippen LogP contribution in [0.5, 0.6) is 0 Å². The van der Waals surface area contributed by atoms with Gasteiger partial charge in [0.2, 0.25) is 0 Å². The van der Waals surface area contributed by atoms with E-state index in [0.717, 1.165) is 122 Å². The van der Waals surface area contributed by atoms with Gasteiger partial charge in [0.15, 0.2) is 0 Å². The van der Waals surface area contributed by atoms with Crippen molar-refractivity contribution in [3.63, 3.8) is 0 Å². The van der Waals surface area contributed by atoms with E-state index in [-0.39, 0.29) is 0 Å². The third kappa shape index (κ3) is 6.31. The van der Waals surface area contributed by atoms with Gasteiger partial charge >= 0.3 is 0 Å². The summed E-state index contributed by atoms with van der Waals surface area (Å²) in [5.41, 5.74) is 18.7. The Bertz CT molecular complexity index is 4240. The third-order valence-corrected chi connectivity index (χ3v) is 14.0. The average molecular weight is 895 g/mol. The molecule has 14 aromatic rings. The van der Waals surface area contributed by atoms with Crippen molar-refractivity contribution in [3.05, 3.63) is 255 Å². The zero-order chi connectivity index (χ0) is 46.1. The fourth-order valence-corrected chi connectivity index (χ4v) is 10.9. The molecule has 0 bridgehead atoms. The normalized spacial score (nSPS) is 11.7. The molecule has 3 aromatic heterocycles. The molecule has 0 aliphatic rings. The predicted molar refractivity (Wildman–Crippen MR) is 292 cm³/mol. The lowest BCUT2D eigenvalue weighted by molar-refractivity contribution is 0.669. The fraction of sp³-hybridized carbons (Fsp3) is 0. The largest absolute Gasteiger partial charge is 0.455 e. The Hall–Kier alpha value is -9.38. The summed E-state index contributed by atoms with van der Waals surface area (Å²) < 4.78 is 16.1. The summed E-state index contributed by atoms with van der Waals surface area (Å²) >= 11 is 0. The van der Waals surface area contributed by atoms with E-state index >= 15 is 0 Å². The first kappa shape index (κ1) is 39.8. The Morgan fingerprint density at radius 2 is 0.829 bits per heavy atom. The van der Waals surface area contributed by atoms with Gasteiger partial charge in [0.05, 0.1) is 33.5 Å². The molecule has 0 aliphatic heterocycles. The van der Waals surface area contributed by atoms with Gasteiger partial charge < -0.3 is 18.3 Å². The summed E-state index contributed by atoms with van der Waals surface area (Å²) in [6, 6.07) is 91.1. The number of benzene rings is 11. The Kier molecular flexibility index (Phi) is 9.17. The molecule has 0 N–H and O–H groups in total. The monoisotopic (exact) mass is 894 g/mol. The molecule has 0 spiro atoms. The lowest BCUT2D eigenvalue weighted by atomic mass is 9.94. The molecule has 4 nitrogen and oxygen atoms in total. The summed E-state index contributed by atoms with van der Waals surface area (Å²) in [5, 5.41) is 6.75. The molecule has 4 heteroatoms. The molecular weight excluding hydrogens is 853 g/mol. The Morgan fingerprint density at radius 3 is 1.57 bits per heavy atom. The number of nitrogens with zero attached hydrogens (tertiary/aromatic N) is 2. The number of hydrogen-bond acceptors (Lipinski definition) is 3. The number of fused-ring (bicyclic) bond motifs is 9. The van der Waals surface area contributed by atoms with E-state index in [1.807, 2.05) is 12.1 Å². The van der Waals surface area contributed by atoms with Gasteiger partial charge in [0.25, 0.3) is 0 Å². The van der Waals surface area contributed by atoms with Crippen molar-refractivity contribution in [1.29, 1.82) is 0 Å². The summed E-state index contributed by atoms with van der Waals surface area (Å²) in [4.78, 5) is 2.43. The van der Waals surface area contributed by atoms with Crippen molar-refractivity contribution in [2.75, 3.05) is 4.90 Å². The molecule has 0 aliphatic carbocycles. The smallest absolute Gasteiger partial charge is 0.145 e. The molecule has 0 fully saturated rings. The molecule has 0 saturated heterocycles. The van der Waals surface area contributed by atoms with Gasteiger partial charge in [-0.1, -0.05) is 188 Å². The van der Waals surface area contributed by atoms with Gasteiger partial charge in [-0.2, -0.15) is 0 Å². The highest BCUT2D eigenvalue weighted by Gasteiger charge is 2.26. The van der Waals surface area contributed by atoms with Crippen molar-refractivity contribution >= 4 is 82.7 Å².